The summed E-state index contributed by atoms with van der Waals surface area (Å²) in [6.45, 7) is 4.32. The van der Waals surface area contributed by atoms with Gasteiger partial charge in [-0.3, -0.25) is 0 Å². The SMILES string of the molecule is COCCO[Si](CCCNCCN)(OC)OCCOC. The van der Waals surface area contributed by atoms with Crippen LogP contribution >= 0.6 is 0 Å². The van der Waals surface area contributed by atoms with Crippen molar-refractivity contribution >= 4 is 8.80 Å². The zero-order chi connectivity index (χ0) is 15.1. The minimum atomic E-state index is -2.64. The van der Waals surface area contributed by atoms with E-state index in [1.807, 2.05) is 0 Å². The molecule has 0 bridgehead atoms. The van der Waals surface area contributed by atoms with E-state index in [2.05, 4.69) is 5.32 Å². The molecule has 7 nitrogen and oxygen atoms in total. The maximum Gasteiger partial charge on any atom is 0.500 e. The second-order valence-electron chi connectivity index (χ2n) is 4.21. The summed E-state index contributed by atoms with van der Waals surface area (Å²) in [7, 11) is 2.28. The maximum atomic E-state index is 5.83. The molecule has 0 aromatic rings. The minimum Gasteiger partial charge on any atom is -0.382 e. The average molecular weight is 310 g/mol. The van der Waals surface area contributed by atoms with Crippen LogP contribution in [-0.2, 0) is 22.8 Å². The van der Waals surface area contributed by atoms with Crippen molar-refractivity contribution in [2.45, 2.75) is 12.5 Å². The van der Waals surface area contributed by atoms with Crippen LogP contribution in [0.1, 0.15) is 6.42 Å². The molecule has 3 N–H and O–H groups in total. The van der Waals surface area contributed by atoms with Crippen molar-refractivity contribution < 1.29 is 22.8 Å². The number of methoxy groups -OCH3 is 2. The predicted molar refractivity (Wildman–Crippen MR) is 79.8 cm³/mol. The Morgan fingerprint density at radius 2 is 1.50 bits per heavy atom. The second kappa shape index (κ2) is 13.9. The lowest BCUT2D eigenvalue weighted by Crippen LogP contribution is -2.46. The lowest BCUT2D eigenvalue weighted by atomic mass is 10.5. The van der Waals surface area contributed by atoms with Crippen molar-refractivity contribution in [3.05, 3.63) is 0 Å². The van der Waals surface area contributed by atoms with Crippen LogP contribution in [0.2, 0.25) is 6.04 Å². The van der Waals surface area contributed by atoms with Gasteiger partial charge in [0.2, 0.25) is 0 Å². The predicted octanol–water partition coefficient (Wildman–Crippen LogP) is -0.164. The molecule has 0 atom stereocenters. The first-order chi connectivity index (χ1) is 9.74. The molecule has 0 unspecified atom stereocenters. The topological polar surface area (TPSA) is 84.2 Å². The van der Waals surface area contributed by atoms with Crippen LogP contribution in [0.3, 0.4) is 0 Å². The van der Waals surface area contributed by atoms with Gasteiger partial charge in [0.1, 0.15) is 0 Å². The molecule has 0 aromatic heterocycles. The first-order valence-electron chi connectivity index (χ1n) is 6.96. The first-order valence-corrected chi connectivity index (χ1v) is 8.89. The summed E-state index contributed by atoms with van der Waals surface area (Å²) in [5, 5.41) is 3.25. The number of hydrogen-bond donors (Lipinski definition) is 2. The summed E-state index contributed by atoms with van der Waals surface area (Å²) in [5.41, 5.74) is 5.43. The van der Waals surface area contributed by atoms with Crippen LogP contribution in [0.15, 0.2) is 0 Å². The van der Waals surface area contributed by atoms with Gasteiger partial charge in [0.25, 0.3) is 0 Å². The van der Waals surface area contributed by atoms with Gasteiger partial charge >= 0.3 is 8.80 Å². The number of rotatable bonds is 15. The van der Waals surface area contributed by atoms with Gasteiger partial charge in [-0.05, 0) is 13.0 Å². The molecule has 0 saturated heterocycles. The molecule has 0 radical (unpaired) electrons. The van der Waals surface area contributed by atoms with Crippen LogP contribution in [0.5, 0.6) is 0 Å². The van der Waals surface area contributed by atoms with E-state index in [0.717, 1.165) is 25.6 Å². The van der Waals surface area contributed by atoms with E-state index in [-0.39, 0.29) is 0 Å². The molecule has 0 aliphatic rings. The fourth-order valence-corrected chi connectivity index (χ4v) is 3.83. The van der Waals surface area contributed by atoms with Gasteiger partial charge in [-0.25, -0.2) is 0 Å². The van der Waals surface area contributed by atoms with Gasteiger partial charge in [0.05, 0.1) is 26.4 Å². The third kappa shape index (κ3) is 9.78. The summed E-state index contributed by atoms with van der Waals surface area (Å²) in [5.74, 6) is 0. The van der Waals surface area contributed by atoms with E-state index in [0.29, 0.717) is 33.0 Å². The third-order valence-electron chi connectivity index (χ3n) is 2.69. The first kappa shape index (κ1) is 19.9. The zero-order valence-electron chi connectivity index (χ0n) is 13.0. The fourth-order valence-electron chi connectivity index (χ4n) is 1.62. The smallest absolute Gasteiger partial charge is 0.382 e. The fraction of sp³-hybridized carbons (Fsp3) is 1.00. The highest BCUT2D eigenvalue weighted by atomic mass is 28.4. The molecule has 122 valence electrons. The zero-order valence-corrected chi connectivity index (χ0v) is 14.0. The Morgan fingerprint density at radius 1 is 0.900 bits per heavy atom. The average Bonchev–Trinajstić information content (AvgIpc) is 2.47. The van der Waals surface area contributed by atoms with Crippen molar-refractivity contribution in [2.24, 2.45) is 5.73 Å². The van der Waals surface area contributed by atoms with Crippen LogP contribution in [0, 0.1) is 0 Å². The molecule has 0 aliphatic heterocycles. The normalized spacial score (nSPS) is 12.0. The highest BCUT2D eigenvalue weighted by Gasteiger charge is 2.39. The molecule has 20 heavy (non-hydrogen) atoms. The van der Waals surface area contributed by atoms with Gasteiger partial charge in [-0.15, -0.1) is 0 Å². The number of nitrogens with two attached hydrogens (primary N) is 1. The van der Waals surface area contributed by atoms with Crippen LogP contribution < -0.4 is 11.1 Å². The molecule has 0 spiro atoms. The standard InChI is InChI=1S/C12H30N2O5Si/c1-15-8-10-18-20(17-3,19-11-9-16-2)12-4-6-14-7-5-13/h14H,4-13H2,1-3H3. The number of hydrogen-bond acceptors (Lipinski definition) is 7. The summed E-state index contributed by atoms with van der Waals surface area (Å²) in [6, 6.07) is 0.758. The largest absolute Gasteiger partial charge is 0.500 e. The molecular formula is C12H30N2O5Si. The van der Waals surface area contributed by atoms with E-state index in [4.69, 9.17) is 28.5 Å². The number of nitrogens with one attached hydrogen (secondary N) is 1. The Kier molecular flexibility index (Phi) is 13.9. The van der Waals surface area contributed by atoms with E-state index in [1.54, 1.807) is 21.3 Å². The van der Waals surface area contributed by atoms with Crippen molar-refractivity contribution in [3.63, 3.8) is 0 Å². The third-order valence-corrected chi connectivity index (χ3v) is 5.56. The molecule has 0 heterocycles. The molecule has 0 fully saturated rings. The Balaban J connectivity index is 4.17. The van der Waals surface area contributed by atoms with E-state index >= 15 is 0 Å². The van der Waals surface area contributed by atoms with Gasteiger partial charge in [0, 0.05) is 40.5 Å². The molecule has 8 heteroatoms. The lowest BCUT2D eigenvalue weighted by Gasteiger charge is -2.28. The van der Waals surface area contributed by atoms with Gasteiger partial charge in [-0.1, -0.05) is 0 Å². The highest BCUT2D eigenvalue weighted by molar-refractivity contribution is 6.60. The Morgan fingerprint density at radius 3 is 1.95 bits per heavy atom. The Hall–Kier alpha value is -0.0631. The second-order valence-corrected chi connectivity index (χ2v) is 7.06. The van der Waals surface area contributed by atoms with E-state index in [1.165, 1.54) is 0 Å². The van der Waals surface area contributed by atoms with Gasteiger partial charge < -0.3 is 33.8 Å². The van der Waals surface area contributed by atoms with Crippen molar-refractivity contribution in [2.75, 3.05) is 67.4 Å². The van der Waals surface area contributed by atoms with Crippen molar-refractivity contribution in [1.29, 1.82) is 0 Å². The summed E-state index contributed by atoms with van der Waals surface area (Å²) in [4.78, 5) is 0. The lowest BCUT2D eigenvalue weighted by molar-refractivity contribution is 0.0365. The van der Waals surface area contributed by atoms with E-state index < -0.39 is 8.80 Å². The quantitative estimate of drug-likeness (QED) is 0.321. The summed E-state index contributed by atoms with van der Waals surface area (Å²) < 4.78 is 27.2. The van der Waals surface area contributed by atoms with Crippen molar-refractivity contribution in [1.82, 2.24) is 5.32 Å². The number of ether oxygens (including phenoxy) is 2. The molecule has 0 amide bonds. The Labute approximate surface area is 123 Å². The van der Waals surface area contributed by atoms with Crippen molar-refractivity contribution in [3.8, 4) is 0 Å². The van der Waals surface area contributed by atoms with Gasteiger partial charge in [-0.2, -0.15) is 0 Å². The minimum absolute atomic E-state index is 0.472. The van der Waals surface area contributed by atoms with E-state index in [9.17, 15) is 0 Å². The Bertz CT molecular complexity index is 202. The monoisotopic (exact) mass is 310 g/mol. The maximum absolute atomic E-state index is 5.83. The molecule has 0 rings (SSSR count). The van der Waals surface area contributed by atoms with Crippen LogP contribution in [-0.4, -0.2) is 76.2 Å². The molecule has 0 aromatic carbocycles. The van der Waals surface area contributed by atoms with Gasteiger partial charge in [0.15, 0.2) is 0 Å². The van der Waals surface area contributed by atoms with Crippen LogP contribution in [0.4, 0.5) is 0 Å². The van der Waals surface area contributed by atoms with Crippen LogP contribution in [0.25, 0.3) is 0 Å². The molecule has 0 aliphatic carbocycles. The molecular weight excluding hydrogens is 280 g/mol. The summed E-state index contributed by atoms with van der Waals surface area (Å²) >= 11 is 0. The highest BCUT2D eigenvalue weighted by Crippen LogP contribution is 2.16. The summed E-state index contributed by atoms with van der Waals surface area (Å²) in [6.07, 6.45) is 0.917. The molecule has 0 saturated carbocycles.